The second kappa shape index (κ2) is 11.0. The minimum atomic E-state index is -0.218. The number of anilines is 2. The van der Waals surface area contributed by atoms with Gasteiger partial charge in [0.1, 0.15) is 0 Å². The highest BCUT2D eigenvalue weighted by molar-refractivity contribution is 6.03. The predicted octanol–water partition coefficient (Wildman–Crippen LogP) is 5.29. The number of nitrogens with one attached hydrogen (secondary N) is 1. The number of amides is 2. The lowest BCUT2D eigenvalue weighted by atomic mass is 9.95. The van der Waals surface area contributed by atoms with Gasteiger partial charge < -0.3 is 15.1 Å². The Hall–Kier alpha value is -2.82. The van der Waals surface area contributed by atoms with Crippen LogP contribution in [0.25, 0.3) is 0 Å². The number of carbonyl (C=O) groups is 2. The number of hydrogen-bond donors (Lipinski definition) is 1. The molecule has 31 heavy (non-hydrogen) atoms. The molecule has 0 aromatic heterocycles. The molecule has 166 valence electrons. The smallest absolute Gasteiger partial charge is 0.256 e. The van der Waals surface area contributed by atoms with Crippen molar-refractivity contribution >= 4 is 23.2 Å². The zero-order valence-electron chi connectivity index (χ0n) is 19.1. The van der Waals surface area contributed by atoms with Crippen molar-refractivity contribution in [2.24, 2.45) is 0 Å². The molecular weight excluding hydrogens is 386 g/mol. The fourth-order valence-corrected chi connectivity index (χ4v) is 4.36. The molecule has 5 nitrogen and oxygen atoms in total. The van der Waals surface area contributed by atoms with Crippen LogP contribution >= 0.6 is 0 Å². The molecule has 0 saturated carbocycles. The van der Waals surface area contributed by atoms with Crippen LogP contribution in [-0.4, -0.2) is 42.9 Å². The van der Waals surface area contributed by atoms with Crippen molar-refractivity contribution in [2.75, 3.05) is 36.4 Å². The molecule has 0 spiro atoms. The van der Waals surface area contributed by atoms with Gasteiger partial charge >= 0.3 is 0 Å². The van der Waals surface area contributed by atoms with Crippen molar-refractivity contribution in [1.29, 1.82) is 0 Å². The quantitative estimate of drug-likeness (QED) is 0.630. The minimum Gasteiger partial charge on any atom is -0.371 e. The molecule has 0 unspecified atom stereocenters. The Bertz CT molecular complexity index is 871. The molecule has 0 aliphatic carbocycles. The van der Waals surface area contributed by atoms with Gasteiger partial charge in [0.2, 0.25) is 5.91 Å². The fraction of sp³-hybridized carbons (Fsp3) is 0.462. The Morgan fingerprint density at radius 1 is 0.968 bits per heavy atom. The number of carbonyl (C=O) groups excluding carboxylic acids is 2. The van der Waals surface area contributed by atoms with Gasteiger partial charge in [-0.15, -0.1) is 0 Å². The summed E-state index contributed by atoms with van der Waals surface area (Å²) < 4.78 is 0. The summed E-state index contributed by atoms with van der Waals surface area (Å²) >= 11 is 0. The SMILES string of the molecule is CC[C@H](C(=O)Nc1ccc(N2CCCCC2)c(C(=O)N(CC)CC)c1)c1ccccc1. The second-order valence-electron chi connectivity index (χ2n) is 8.12. The second-order valence-corrected chi connectivity index (χ2v) is 8.12. The van der Waals surface area contributed by atoms with E-state index in [0.717, 1.165) is 37.2 Å². The van der Waals surface area contributed by atoms with E-state index in [4.69, 9.17) is 0 Å². The molecule has 1 aliphatic heterocycles. The molecule has 2 aromatic rings. The molecule has 2 amide bonds. The Morgan fingerprint density at radius 3 is 2.26 bits per heavy atom. The van der Waals surface area contributed by atoms with Crippen LogP contribution in [0.2, 0.25) is 0 Å². The molecule has 1 heterocycles. The summed E-state index contributed by atoms with van der Waals surface area (Å²) in [5, 5.41) is 3.06. The molecule has 1 atom stereocenters. The fourth-order valence-electron chi connectivity index (χ4n) is 4.36. The maximum absolute atomic E-state index is 13.3. The van der Waals surface area contributed by atoms with Gasteiger partial charge in [-0.3, -0.25) is 9.59 Å². The van der Waals surface area contributed by atoms with Crippen molar-refractivity contribution in [1.82, 2.24) is 4.90 Å². The summed E-state index contributed by atoms with van der Waals surface area (Å²) in [7, 11) is 0. The van der Waals surface area contributed by atoms with Gasteiger partial charge in [0.15, 0.2) is 0 Å². The van der Waals surface area contributed by atoms with Crippen LogP contribution in [0, 0.1) is 0 Å². The number of piperidine rings is 1. The van der Waals surface area contributed by atoms with E-state index in [9.17, 15) is 9.59 Å². The van der Waals surface area contributed by atoms with Crippen molar-refractivity contribution < 1.29 is 9.59 Å². The maximum atomic E-state index is 13.3. The van der Waals surface area contributed by atoms with Crippen molar-refractivity contribution in [3.63, 3.8) is 0 Å². The highest BCUT2D eigenvalue weighted by Gasteiger charge is 2.24. The summed E-state index contributed by atoms with van der Waals surface area (Å²) in [5.41, 5.74) is 3.34. The van der Waals surface area contributed by atoms with E-state index in [1.54, 1.807) is 0 Å². The van der Waals surface area contributed by atoms with E-state index in [2.05, 4.69) is 10.2 Å². The van der Waals surface area contributed by atoms with Gasteiger partial charge in [-0.1, -0.05) is 37.3 Å². The van der Waals surface area contributed by atoms with Crippen molar-refractivity contribution in [2.45, 2.75) is 52.4 Å². The Labute approximate surface area is 186 Å². The van der Waals surface area contributed by atoms with Crippen LogP contribution in [0.1, 0.15) is 68.3 Å². The van der Waals surface area contributed by atoms with Crippen LogP contribution in [0.4, 0.5) is 11.4 Å². The standard InChI is InChI=1S/C26H35N3O2/c1-4-22(20-13-9-7-10-14-20)25(30)27-21-15-16-24(29-17-11-8-12-18-29)23(19-21)26(31)28(5-2)6-3/h7,9-10,13-16,19,22H,4-6,8,11-12,17-18H2,1-3H3,(H,27,30)/t22-/m0/s1. The van der Waals surface area contributed by atoms with Gasteiger partial charge in [-0.25, -0.2) is 0 Å². The topological polar surface area (TPSA) is 52.7 Å². The third-order valence-electron chi connectivity index (χ3n) is 6.17. The number of nitrogens with zero attached hydrogens (tertiary/aromatic N) is 2. The first-order valence-corrected chi connectivity index (χ1v) is 11.6. The first-order chi connectivity index (χ1) is 15.1. The van der Waals surface area contributed by atoms with E-state index in [-0.39, 0.29) is 17.7 Å². The first kappa shape index (κ1) is 22.9. The van der Waals surface area contributed by atoms with Crippen LogP contribution in [0.5, 0.6) is 0 Å². The normalized spacial score (nSPS) is 14.7. The van der Waals surface area contributed by atoms with Crippen LogP contribution < -0.4 is 10.2 Å². The van der Waals surface area contributed by atoms with E-state index in [0.29, 0.717) is 30.8 Å². The van der Waals surface area contributed by atoms with Crippen molar-refractivity contribution in [3.05, 3.63) is 59.7 Å². The first-order valence-electron chi connectivity index (χ1n) is 11.6. The highest BCUT2D eigenvalue weighted by Crippen LogP contribution is 2.29. The van der Waals surface area contributed by atoms with E-state index in [1.165, 1.54) is 6.42 Å². The third kappa shape index (κ3) is 5.46. The van der Waals surface area contributed by atoms with Crippen LogP contribution in [0.15, 0.2) is 48.5 Å². The number of rotatable bonds is 8. The molecule has 1 aliphatic rings. The summed E-state index contributed by atoms with van der Waals surface area (Å²) in [6.45, 7) is 9.28. The predicted molar refractivity (Wildman–Crippen MR) is 128 cm³/mol. The van der Waals surface area contributed by atoms with Gasteiger partial charge in [-0.05, 0) is 63.3 Å². The summed E-state index contributed by atoms with van der Waals surface area (Å²) in [6.07, 6.45) is 4.24. The van der Waals surface area contributed by atoms with Gasteiger partial charge in [0, 0.05) is 37.6 Å². The summed E-state index contributed by atoms with van der Waals surface area (Å²) in [5.74, 6) is -0.234. The van der Waals surface area contributed by atoms with Crippen molar-refractivity contribution in [3.8, 4) is 0 Å². The Morgan fingerprint density at radius 2 is 1.65 bits per heavy atom. The zero-order valence-corrected chi connectivity index (χ0v) is 19.1. The summed E-state index contributed by atoms with van der Waals surface area (Å²) in [4.78, 5) is 30.5. The minimum absolute atomic E-state index is 0.0248. The molecule has 1 saturated heterocycles. The van der Waals surface area contributed by atoms with Gasteiger partial charge in [-0.2, -0.15) is 0 Å². The molecule has 3 rings (SSSR count). The largest absolute Gasteiger partial charge is 0.371 e. The molecule has 2 aromatic carbocycles. The van der Waals surface area contributed by atoms with Gasteiger partial charge in [0.05, 0.1) is 11.5 Å². The Kier molecular flexibility index (Phi) is 8.10. The third-order valence-corrected chi connectivity index (χ3v) is 6.17. The maximum Gasteiger partial charge on any atom is 0.256 e. The molecule has 1 N–H and O–H groups in total. The molecule has 0 radical (unpaired) electrons. The lowest BCUT2D eigenvalue weighted by molar-refractivity contribution is -0.117. The molecular formula is C26H35N3O2. The summed E-state index contributed by atoms with van der Waals surface area (Å²) in [6, 6.07) is 15.6. The molecule has 5 heteroatoms. The average molecular weight is 422 g/mol. The van der Waals surface area contributed by atoms with Gasteiger partial charge in [0.25, 0.3) is 5.91 Å². The number of benzene rings is 2. The van der Waals surface area contributed by atoms with Crippen LogP contribution in [-0.2, 0) is 4.79 Å². The van der Waals surface area contributed by atoms with E-state index < -0.39 is 0 Å². The average Bonchev–Trinajstić information content (AvgIpc) is 2.81. The lowest BCUT2D eigenvalue weighted by Gasteiger charge is -2.31. The van der Waals surface area contributed by atoms with E-state index in [1.807, 2.05) is 74.2 Å². The van der Waals surface area contributed by atoms with Crippen LogP contribution in [0.3, 0.4) is 0 Å². The monoisotopic (exact) mass is 421 g/mol. The lowest BCUT2D eigenvalue weighted by Crippen LogP contribution is -2.35. The Balaban J connectivity index is 1.89. The van der Waals surface area contributed by atoms with E-state index >= 15 is 0 Å². The number of hydrogen-bond acceptors (Lipinski definition) is 3. The highest BCUT2D eigenvalue weighted by atomic mass is 16.2. The molecule has 0 bridgehead atoms. The molecule has 1 fully saturated rings. The zero-order chi connectivity index (χ0) is 22.2.